The zero-order valence-corrected chi connectivity index (χ0v) is 16.4. The summed E-state index contributed by atoms with van der Waals surface area (Å²) in [6, 6.07) is 14.1. The summed E-state index contributed by atoms with van der Waals surface area (Å²) in [5.74, 6) is 0.349. The van der Waals surface area contributed by atoms with Crippen LogP contribution in [0.4, 0.5) is 5.69 Å². The van der Waals surface area contributed by atoms with Crippen molar-refractivity contribution in [3.05, 3.63) is 59.2 Å². The normalized spacial score (nSPS) is 12.7. The van der Waals surface area contributed by atoms with E-state index >= 15 is 0 Å². The van der Waals surface area contributed by atoms with Crippen LogP contribution in [0.15, 0.2) is 47.5 Å². The molecular weight excluding hydrogens is 306 g/mol. The number of rotatable bonds is 6. The SMILES string of the molecule is CCC(C)(C)c1cc(C=Nc2ccccc2)c(O)c(C(C)(C)CC)c1. The van der Waals surface area contributed by atoms with Crippen LogP contribution in [0.25, 0.3) is 0 Å². The predicted molar refractivity (Wildman–Crippen MR) is 108 cm³/mol. The number of aliphatic imine (C=N–C) groups is 1. The molecule has 0 heterocycles. The van der Waals surface area contributed by atoms with Gasteiger partial charge >= 0.3 is 0 Å². The van der Waals surface area contributed by atoms with Crippen LogP contribution in [-0.2, 0) is 10.8 Å². The first-order valence-corrected chi connectivity index (χ1v) is 9.18. The average molecular weight is 338 g/mol. The highest BCUT2D eigenvalue weighted by atomic mass is 16.3. The van der Waals surface area contributed by atoms with Gasteiger partial charge in [-0.25, -0.2) is 0 Å². The molecule has 0 radical (unpaired) electrons. The fraction of sp³-hybridized carbons (Fsp3) is 0.435. The maximum atomic E-state index is 10.9. The summed E-state index contributed by atoms with van der Waals surface area (Å²) in [5, 5.41) is 10.9. The number of hydrogen-bond acceptors (Lipinski definition) is 2. The van der Waals surface area contributed by atoms with E-state index in [1.54, 1.807) is 6.21 Å². The number of para-hydroxylation sites is 1. The molecule has 2 heteroatoms. The van der Waals surface area contributed by atoms with Crippen LogP contribution in [0.1, 0.15) is 71.1 Å². The molecule has 0 amide bonds. The zero-order valence-electron chi connectivity index (χ0n) is 16.4. The highest BCUT2D eigenvalue weighted by Crippen LogP contribution is 2.39. The van der Waals surface area contributed by atoms with Gasteiger partial charge in [0.2, 0.25) is 0 Å². The Labute approximate surface area is 152 Å². The number of phenols is 1. The fourth-order valence-electron chi connectivity index (χ4n) is 2.71. The molecule has 2 rings (SSSR count). The lowest BCUT2D eigenvalue weighted by molar-refractivity contribution is 0.424. The van der Waals surface area contributed by atoms with Crippen molar-refractivity contribution in [2.45, 2.75) is 65.2 Å². The van der Waals surface area contributed by atoms with Crippen LogP contribution in [0.5, 0.6) is 5.75 Å². The average Bonchev–Trinajstić information content (AvgIpc) is 2.61. The summed E-state index contributed by atoms with van der Waals surface area (Å²) in [7, 11) is 0. The molecule has 0 unspecified atom stereocenters. The second-order valence-electron chi connectivity index (χ2n) is 8.03. The minimum absolute atomic E-state index is 0.0572. The van der Waals surface area contributed by atoms with Gasteiger partial charge in [-0.2, -0.15) is 0 Å². The Hall–Kier alpha value is -2.09. The molecule has 25 heavy (non-hydrogen) atoms. The second-order valence-corrected chi connectivity index (χ2v) is 8.03. The Balaban J connectivity index is 2.60. The van der Waals surface area contributed by atoms with Gasteiger partial charge in [0.15, 0.2) is 0 Å². The van der Waals surface area contributed by atoms with Gasteiger partial charge in [0.25, 0.3) is 0 Å². The lowest BCUT2D eigenvalue weighted by Gasteiger charge is -2.30. The Morgan fingerprint density at radius 3 is 2.08 bits per heavy atom. The second kappa shape index (κ2) is 7.43. The number of hydrogen-bond donors (Lipinski definition) is 1. The van der Waals surface area contributed by atoms with Crippen LogP contribution in [0, 0.1) is 0 Å². The molecule has 0 aliphatic heterocycles. The predicted octanol–water partition coefficient (Wildman–Crippen LogP) is 6.52. The Bertz CT molecular complexity index is 742. The molecule has 2 aromatic carbocycles. The molecule has 2 aromatic rings. The maximum Gasteiger partial charge on any atom is 0.128 e. The third-order valence-electron chi connectivity index (χ3n) is 5.53. The first-order chi connectivity index (χ1) is 11.7. The summed E-state index contributed by atoms with van der Waals surface area (Å²) in [6.45, 7) is 13.2. The van der Waals surface area contributed by atoms with Gasteiger partial charge < -0.3 is 5.11 Å². The molecular formula is C23H31NO. The smallest absolute Gasteiger partial charge is 0.128 e. The molecule has 0 aliphatic rings. The number of nitrogens with zero attached hydrogens (tertiary/aromatic N) is 1. The van der Waals surface area contributed by atoms with Crippen molar-refractivity contribution in [2.75, 3.05) is 0 Å². The van der Waals surface area contributed by atoms with Crippen LogP contribution < -0.4 is 0 Å². The van der Waals surface area contributed by atoms with Gasteiger partial charge in [0.1, 0.15) is 5.75 Å². The van der Waals surface area contributed by atoms with Gasteiger partial charge in [-0.15, -0.1) is 0 Å². The summed E-state index contributed by atoms with van der Waals surface area (Å²) >= 11 is 0. The van der Waals surface area contributed by atoms with Crippen LogP contribution in [-0.4, -0.2) is 11.3 Å². The van der Waals surface area contributed by atoms with E-state index in [1.807, 2.05) is 30.3 Å². The third kappa shape index (κ3) is 4.31. The summed E-state index contributed by atoms with van der Waals surface area (Å²) in [4.78, 5) is 4.55. The van der Waals surface area contributed by atoms with Gasteiger partial charge in [-0.1, -0.05) is 65.8 Å². The standard InChI is InChI=1S/C23H31NO/c1-7-22(3,4)18-14-17(16-24-19-12-10-9-11-13-19)21(25)20(15-18)23(5,6)8-2/h9-16,25H,7-8H2,1-6H3. The molecule has 134 valence electrons. The highest BCUT2D eigenvalue weighted by Gasteiger charge is 2.27. The van der Waals surface area contributed by atoms with Gasteiger partial charge in [-0.05, 0) is 47.4 Å². The minimum Gasteiger partial charge on any atom is -0.507 e. The van der Waals surface area contributed by atoms with Crippen LogP contribution in [0.3, 0.4) is 0 Å². The van der Waals surface area contributed by atoms with E-state index in [9.17, 15) is 5.11 Å². The first kappa shape index (κ1) is 19.2. The van der Waals surface area contributed by atoms with Crippen molar-refractivity contribution in [3.63, 3.8) is 0 Å². The van der Waals surface area contributed by atoms with Crippen LogP contribution >= 0.6 is 0 Å². The third-order valence-corrected chi connectivity index (χ3v) is 5.53. The van der Waals surface area contributed by atoms with E-state index in [-0.39, 0.29) is 10.8 Å². The minimum atomic E-state index is -0.0841. The van der Waals surface area contributed by atoms with Crippen molar-refractivity contribution in [1.29, 1.82) is 0 Å². The summed E-state index contributed by atoms with van der Waals surface area (Å²) < 4.78 is 0. The van der Waals surface area contributed by atoms with Crippen LogP contribution in [0.2, 0.25) is 0 Å². The Kier molecular flexibility index (Phi) is 5.72. The lowest BCUT2D eigenvalue weighted by atomic mass is 9.75. The molecule has 0 aromatic heterocycles. The highest BCUT2D eigenvalue weighted by molar-refractivity contribution is 5.86. The van der Waals surface area contributed by atoms with Gasteiger partial charge in [0, 0.05) is 17.3 Å². The van der Waals surface area contributed by atoms with E-state index < -0.39 is 0 Å². The van der Waals surface area contributed by atoms with E-state index in [2.05, 4.69) is 58.7 Å². The molecule has 0 spiro atoms. The quantitative estimate of drug-likeness (QED) is 0.598. The van der Waals surface area contributed by atoms with E-state index in [4.69, 9.17) is 0 Å². The zero-order chi connectivity index (χ0) is 18.7. The van der Waals surface area contributed by atoms with Gasteiger partial charge in [-0.3, -0.25) is 4.99 Å². The largest absolute Gasteiger partial charge is 0.507 e. The molecule has 0 saturated heterocycles. The topological polar surface area (TPSA) is 32.6 Å². The number of aromatic hydroxyl groups is 1. The van der Waals surface area contributed by atoms with Crippen molar-refractivity contribution in [2.24, 2.45) is 4.99 Å². The van der Waals surface area contributed by atoms with E-state index in [0.29, 0.717) is 5.75 Å². The Morgan fingerprint density at radius 2 is 1.52 bits per heavy atom. The molecule has 1 N–H and O–H groups in total. The van der Waals surface area contributed by atoms with E-state index in [1.165, 1.54) is 5.56 Å². The monoisotopic (exact) mass is 337 g/mol. The maximum absolute atomic E-state index is 10.9. The summed E-state index contributed by atoms with van der Waals surface area (Å²) in [5.41, 5.74) is 3.90. The lowest BCUT2D eigenvalue weighted by Crippen LogP contribution is -2.21. The Morgan fingerprint density at radius 1 is 0.920 bits per heavy atom. The molecule has 2 nitrogen and oxygen atoms in total. The van der Waals surface area contributed by atoms with Crippen molar-refractivity contribution in [1.82, 2.24) is 0 Å². The van der Waals surface area contributed by atoms with Crippen molar-refractivity contribution < 1.29 is 5.11 Å². The molecule has 0 fully saturated rings. The first-order valence-electron chi connectivity index (χ1n) is 9.18. The van der Waals surface area contributed by atoms with Crippen molar-refractivity contribution >= 4 is 11.9 Å². The van der Waals surface area contributed by atoms with Gasteiger partial charge in [0.05, 0.1) is 5.69 Å². The molecule has 0 aliphatic carbocycles. The van der Waals surface area contributed by atoms with Crippen molar-refractivity contribution in [3.8, 4) is 5.75 Å². The fourth-order valence-corrected chi connectivity index (χ4v) is 2.71. The number of benzene rings is 2. The van der Waals surface area contributed by atoms with E-state index in [0.717, 1.165) is 29.7 Å². The molecule has 0 saturated carbocycles. The number of phenolic OH excluding ortho intramolecular Hbond substituents is 1. The molecule has 0 bridgehead atoms. The molecule has 0 atom stereocenters. The summed E-state index contributed by atoms with van der Waals surface area (Å²) in [6.07, 6.45) is 3.79.